The number of nitrogens with zero attached hydrogens (tertiary/aromatic N) is 1. The van der Waals surface area contributed by atoms with Crippen molar-refractivity contribution >= 4 is 15.7 Å². The first-order valence-corrected chi connectivity index (χ1v) is 7.39. The van der Waals surface area contributed by atoms with E-state index in [0.29, 0.717) is 6.04 Å². The van der Waals surface area contributed by atoms with Gasteiger partial charge in [-0.15, -0.1) is 0 Å². The first-order chi connectivity index (χ1) is 7.98. The highest BCUT2D eigenvalue weighted by molar-refractivity contribution is 7.89. The van der Waals surface area contributed by atoms with Gasteiger partial charge in [0.25, 0.3) is 0 Å². The maximum absolute atomic E-state index is 11.3. The largest absolute Gasteiger partial charge is 0.372 e. The Balaban J connectivity index is 2.26. The Morgan fingerprint density at radius 1 is 1.29 bits per heavy atom. The minimum Gasteiger partial charge on any atom is -0.372 e. The lowest BCUT2D eigenvalue weighted by Gasteiger charge is -2.26. The number of anilines is 1. The fourth-order valence-corrected chi connectivity index (χ4v) is 2.94. The maximum atomic E-state index is 11.3. The molecule has 2 rings (SSSR count). The van der Waals surface area contributed by atoms with Crippen LogP contribution in [0, 0.1) is 0 Å². The van der Waals surface area contributed by atoms with Crippen LogP contribution in [0.2, 0.25) is 0 Å². The third kappa shape index (κ3) is 2.79. The van der Waals surface area contributed by atoms with Crippen LogP contribution in [0.15, 0.2) is 29.2 Å². The van der Waals surface area contributed by atoms with Crippen molar-refractivity contribution in [1.82, 2.24) is 0 Å². The molecule has 1 saturated carbocycles. The zero-order chi connectivity index (χ0) is 12.5. The average Bonchev–Trinajstić information content (AvgIpc) is 2.80. The molecule has 0 radical (unpaired) electrons. The van der Waals surface area contributed by atoms with Crippen LogP contribution in [0.25, 0.3) is 0 Å². The van der Waals surface area contributed by atoms with Crippen LogP contribution in [-0.2, 0) is 10.0 Å². The molecule has 5 heteroatoms. The van der Waals surface area contributed by atoms with Crippen molar-refractivity contribution in [3.63, 3.8) is 0 Å². The predicted octanol–water partition coefficient (Wildman–Crippen LogP) is 1.71. The zero-order valence-electron chi connectivity index (χ0n) is 9.96. The molecule has 0 saturated heterocycles. The van der Waals surface area contributed by atoms with Gasteiger partial charge in [0.2, 0.25) is 10.0 Å². The van der Waals surface area contributed by atoms with E-state index in [1.165, 1.54) is 31.7 Å². The first kappa shape index (κ1) is 12.4. The Morgan fingerprint density at radius 3 is 2.53 bits per heavy atom. The summed E-state index contributed by atoms with van der Waals surface area (Å²) in [6, 6.07) is 7.36. The third-order valence-corrected chi connectivity index (χ3v) is 4.34. The Morgan fingerprint density at radius 2 is 1.94 bits per heavy atom. The van der Waals surface area contributed by atoms with E-state index in [4.69, 9.17) is 5.14 Å². The molecule has 0 bridgehead atoms. The van der Waals surface area contributed by atoms with Crippen molar-refractivity contribution in [3.8, 4) is 0 Å². The Labute approximate surface area is 102 Å². The number of hydrogen-bond donors (Lipinski definition) is 1. The zero-order valence-corrected chi connectivity index (χ0v) is 10.8. The average molecular weight is 254 g/mol. The smallest absolute Gasteiger partial charge is 0.238 e. The minimum absolute atomic E-state index is 0.180. The van der Waals surface area contributed by atoms with Crippen LogP contribution in [-0.4, -0.2) is 21.5 Å². The van der Waals surface area contributed by atoms with E-state index in [1.807, 2.05) is 13.1 Å². The molecule has 0 unspecified atom stereocenters. The summed E-state index contributed by atoms with van der Waals surface area (Å²) in [6.45, 7) is 0. The second kappa shape index (κ2) is 4.66. The highest BCUT2D eigenvalue weighted by atomic mass is 32.2. The van der Waals surface area contributed by atoms with Crippen LogP contribution in [0.4, 0.5) is 5.69 Å². The van der Waals surface area contributed by atoms with Crippen LogP contribution < -0.4 is 10.0 Å². The molecule has 2 N–H and O–H groups in total. The van der Waals surface area contributed by atoms with Crippen molar-refractivity contribution in [1.29, 1.82) is 0 Å². The molecule has 1 aromatic carbocycles. The van der Waals surface area contributed by atoms with E-state index in [9.17, 15) is 8.42 Å². The van der Waals surface area contributed by atoms with E-state index in [1.54, 1.807) is 12.1 Å². The molecule has 0 amide bonds. The minimum atomic E-state index is -3.61. The Hall–Kier alpha value is -1.07. The lowest BCUT2D eigenvalue weighted by molar-refractivity contribution is 0.597. The standard InChI is InChI=1S/C12H18N2O2S/c1-14(10-5-2-3-6-10)11-7-4-8-12(9-11)17(13,15)16/h4,7-10H,2-3,5-6H2,1H3,(H2,13,15,16). The van der Waals surface area contributed by atoms with Crippen molar-refractivity contribution in [3.05, 3.63) is 24.3 Å². The van der Waals surface area contributed by atoms with Gasteiger partial charge in [0.05, 0.1) is 4.90 Å². The van der Waals surface area contributed by atoms with Gasteiger partial charge in [0.1, 0.15) is 0 Å². The van der Waals surface area contributed by atoms with Gasteiger partial charge < -0.3 is 4.90 Å². The SMILES string of the molecule is CN(c1cccc(S(N)(=O)=O)c1)C1CCCC1. The molecule has 0 atom stereocenters. The highest BCUT2D eigenvalue weighted by Gasteiger charge is 2.20. The summed E-state index contributed by atoms with van der Waals surface area (Å²) in [5, 5.41) is 5.13. The molecule has 1 aliphatic carbocycles. The second-order valence-electron chi connectivity index (χ2n) is 4.59. The van der Waals surface area contributed by atoms with Gasteiger partial charge in [0.15, 0.2) is 0 Å². The van der Waals surface area contributed by atoms with Crippen LogP contribution in [0.1, 0.15) is 25.7 Å². The predicted molar refractivity (Wildman–Crippen MR) is 68.5 cm³/mol. The molecule has 1 aliphatic rings. The normalized spacial score (nSPS) is 17.3. The van der Waals surface area contributed by atoms with E-state index in [-0.39, 0.29) is 4.90 Å². The van der Waals surface area contributed by atoms with Gasteiger partial charge in [-0.1, -0.05) is 18.9 Å². The Kier molecular flexibility index (Phi) is 3.40. The monoisotopic (exact) mass is 254 g/mol. The lowest BCUT2D eigenvalue weighted by Crippen LogP contribution is -2.28. The van der Waals surface area contributed by atoms with Gasteiger partial charge in [-0.05, 0) is 31.0 Å². The number of benzene rings is 1. The highest BCUT2D eigenvalue weighted by Crippen LogP contribution is 2.27. The van der Waals surface area contributed by atoms with Gasteiger partial charge in [0, 0.05) is 18.8 Å². The molecular weight excluding hydrogens is 236 g/mol. The number of primary sulfonamides is 1. The van der Waals surface area contributed by atoms with Gasteiger partial charge in [-0.2, -0.15) is 0 Å². The van der Waals surface area contributed by atoms with Crippen molar-refractivity contribution in [2.75, 3.05) is 11.9 Å². The molecule has 1 aromatic rings. The van der Waals surface area contributed by atoms with Crippen molar-refractivity contribution < 1.29 is 8.42 Å². The van der Waals surface area contributed by atoms with E-state index >= 15 is 0 Å². The summed E-state index contributed by atoms with van der Waals surface area (Å²) >= 11 is 0. The third-order valence-electron chi connectivity index (χ3n) is 3.43. The molecule has 0 aromatic heterocycles. The van der Waals surface area contributed by atoms with E-state index in [0.717, 1.165) is 5.69 Å². The molecule has 0 heterocycles. The summed E-state index contributed by atoms with van der Waals surface area (Å²) in [5.74, 6) is 0. The second-order valence-corrected chi connectivity index (χ2v) is 6.15. The number of sulfonamides is 1. The molecule has 1 fully saturated rings. The van der Waals surface area contributed by atoms with Crippen LogP contribution >= 0.6 is 0 Å². The summed E-state index contributed by atoms with van der Waals surface area (Å²) in [5.41, 5.74) is 0.920. The summed E-state index contributed by atoms with van der Waals surface area (Å²) < 4.78 is 22.6. The van der Waals surface area contributed by atoms with Gasteiger partial charge >= 0.3 is 0 Å². The topological polar surface area (TPSA) is 63.4 Å². The quantitative estimate of drug-likeness (QED) is 0.893. The van der Waals surface area contributed by atoms with Crippen molar-refractivity contribution in [2.24, 2.45) is 5.14 Å². The fraction of sp³-hybridized carbons (Fsp3) is 0.500. The fourth-order valence-electron chi connectivity index (χ4n) is 2.38. The molecule has 0 spiro atoms. The van der Waals surface area contributed by atoms with Crippen LogP contribution in [0.3, 0.4) is 0 Å². The molecular formula is C12H18N2O2S. The number of nitrogens with two attached hydrogens (primary N) is 1. The van der Waals surface area contributed by atoms with E-state index in [2.05, 4.69) is 4.90 Å². The van der Waals surface area contributed by atoms with Crippen LogP contribution in [0.5, 0.6) is 0 Å². The molecule has 0 aliphatic heterocycles. The first-order valence-electron chi connectivity index (χ1n) is 5.84. The molecule has 94 valence electrons. The van der Waals surface area contributed by atoms with Gasteiger partial charge in [-0.3, -0.25) is 0 Å². The summed E-state index contributed by atoms with van der Waals surface area (Å²) in [7, 11) is -1.60. The lowest BCUT2D eigenvalue weighted by atomic mass is 10.2. The number of hydrogen-bond acceptors (Lipinski definition) is 3. The number of rotatable bonds is 3. The van der Waals surface area contributed by atoms with Gasteiger partial charge in [-0.25, -0.2) is 13.6 Å². The van der Waals surface area contributed by atoms with E-state index < -0.39 is 10.0 Å². The molecule has 17 heavy (non-hydrogen) atoms. The summed E-state index contributed by atoms with van der Waals surface area (Å²) in [6.07, 6.45) is 4.86. The Bertz CT molecular complexity index is 493. The summed E-state index contributed by atoms with van der Waals surface area (Å²) in [4.78, 5) is 2.33. The molecule has 4 nitrogen and oxygen atoms in total. The van der Waals surface area contributed by atoms with Crippen molar-refractivity contribution in [2.45, 2.75) is 36.6 Å². The maximum Gasteiger partial charge on any atom is 0.238 e.